The molecule has 4 nitrogen and oxygen atoms in total. The molecule has 0 saturated carbocycles. The number of aromatic nitrogens is 1. The largest absolute Gasteiger partial charge is 0.478 e. The molecule has 2 N–H and O–H groups in total. The highest BCUT2D eigenvalue weighted by Crippen LogP contribution is 2.23. The lowest BCUT2D eigenvalue weighted by atomic mass is 10.1. The number of hydrogen-bond donors (Lipinski definition) is 2. The molecular weight excluding hydrogens is 247 g/mol. The molecule has 1 aromatic carbocycles. The number of halogens is 1. The van der Waals surface area contributed by atoms with Gasteiger partial charge < -0.3 is 10.4 Å². The van der Waals surface area contributed by atoms with Gasteiger partial charge in [0.1, 0.15) is 5.56 Å². The molecule has 0 aliphatic carbocycles. The minimum Gasteiger partial charge on any atom is -0.478 e. The van der Waals surface area contributed by atoms with Crippen LogP contribution in [0.1, 0.15) is 21.5 Å². The van der Waals surface area contributed by atoms with E-state index in [2.05, 4.69) is 10.3 Å². The Kier molecular flexibility index (Phi) is 3.46. The Bertz CT molecular complexity index is 641. The van der Waals surface area contributed by atoms with E-state index in [0.29, 0.717) is 5.69 Å². The van der Waals surface area contributed by atoms with Gasteiger partial charge in [0.05, 0.1) is 0 Å². The van der Waals surface area contributed by atoms with Gasteiger partial charge in [0.15, 0.2) is 11.6 Å². The highest BCUT2D eigenvalue weighted by Gasteiger charge is 2.15. The first-order chi connectivity index (χ1) is 8.99. The van der Waals surface area contributed by atoms with Gasteiger partial charge in [-0.05, 0) is 37.1 Å². The Hall–Kier alpha value is -2.43. The molecule has 1 heterocycles. The second kappa shape index (κ2) is 5.06. The monoisotopic (exact) mass is 260 g/mol. The Morgan fingerprint density at radius 1 is 1.32 bits per heavy atom. The summed E-state index contributed by atoms with van der Waals surface area (Å²) in [4.78, 5) is 14.7. The normalized spacial score (nSPS) is 10.3. The summed E-state index contributed by atoms with van der Waals surface area (Å²) in [6.07, 6.45) is 1.26. The van der Waals surface area contributed by atoms with Crippen molar-refractivity contribution in [3.8, 4) is 0 Å². The first-order valence-corrected chi connectivity index (χ1v) is 5.71. The number of hydrogen-bond acceptors (Lipinski definition) is 3. The fourth-order valence-corrected chi connectivity index (χ4v) is 1.69. The summed E-state index contributed by atoms with van der Waals surface area (Å²) in [5.74, 6) is -2.27. The maximum Gasteiger partial charge on any atom is 0.338 e. The molecule has 2 aromatic rings. The topological polar surface area (TPSA) is 62.2 Å². The van der Waals surface area contributed by atoms with E-state index in [-0.39, 0.29) is 5.82 Å². The third kappa shape index (κ3) is 2.70. The quantitative estimate of drug-likeness (QED) is 0.889. The van der Waals surface area contributed by atoms with Gasteiger partial charge in [-0.25, -0.2) is 14.2 Å². The van der Waals surface area contributed by atoms with Crippen LogP contribution in [0, 0.1) is 19.7 Å². The molecule has 19 heavy (non-hydrogen) atoms. The van der Waals surface area contributed by atoms with E-state index >= 15 is 0 Å². The van der Waals surface area contributed by atoms with Crippen molar-refractivity contribution in [2.45, 2.75) is 13.8 Å². The van der Waals surface area contributed by atoms with E-state index < -0.39 is 17.3 Å². The molecule has 1 aromatic heterocycles. The zero-order chi connectivity index (χ0) is 14.0. The maximum absolute atomic E-state index is 13.9. The smallest absolute Gasteiger partial charge is 0.338 e. The molecule has 0 spiro atoms. The molecule has 0 unspecified atom stereocenters. The van der Waals surface area contributed by atoms with Crippen molar-refractivity contribution < 1.29 is 14.3 Å². The van der Waals surface area contributed by atoms with Gasteiger partial charge in [0.2, 0.25) is 0 Å². The molecule has 5 heteroatoms. The molecule has 0 aliphatic heterocycles. The van der Waals surface area contributed by atoms with Crippen LogP contribution in [0.5, 0.6) is 0 Å². The zero-order valence-corrected chi connectivity index (χ0v) is 10.6. The lowest BCUT2D eigenvalue weighted by molar-refractivity contribution is 0.0692. The fraction of sp³-hybridized carbons (Fsp3) is 0.143. The van der Waals surface area contributed by atoms with E-state index in [9.17, 15) is 9.18 Å². The van der Waals surface area contributed by atoms with Crippen LogP contribution < -0.4 is 5.32 Å². The molecule has 98 valence electrons. The summed E-state index contributed by atoms with van der Waals surface area (Å²) in [6, 6.07) is 6.82. The van der Waals surface area contributed by atoms with Gasteiger partial charge >= 0.3 is 5.97 Å². The average Bonchev–Trinajstić information content (AvgIpc) is 2.36. The van der Waals surface area contributed by atoms with Gasteiger partial charge in [-0.2, -0.15) is 0 Å². The minimum absolute atomic E-state index is 0.0893. The third-order valence-corrected chi connectivity index (χ3v) is 2.77. The molecule has 0 amide bonds. The van der Waals surface area contributed by atoms with Gasteiger partial charge in [-0.1, -0.05) is 12.1 Å². The number of nitrogens with one attached hydrogen (secondary N) is 1. The van der Waals surface area contributed by atoms with Crippen molar-refractivity contribution >= 4 is 17.5 Å². The minimum atomic E-state index is -1.32. The number of carbonyl (C=O) groups is 1. The predicted molar refractivity (Wildman–Crippen MR) is 70.4 cm³/mol. The highest BCUT2D eigenvalue weighted by atomic mass is 19.1. The molecule has 2 rings (SSSR count). The van der Waals surface area contributed by atoms with Gasteiger partial charge in [-0.15, -0.1) is 0 Å². The van der Waals surface area contributed by atoms with Crippen LogP contribution in [0.4, 0.5) is 15.9 Å². The Morgan fingerprint density at radius 2 is 2.05 bits per heavy atom. The summed E-state index contributed by atoms with van der Waals surface area (Å²) >= 11 is 0. The van der Waals surface area contributed by atoms with Crippen LogP contribution in [0.3, 0.4) is 0 Å². The first-order valence-electron chi connectivity index (χ1n) is 5.71. The lowest BCUT2D eigenvalue weighted by Crippen LogP contribution is -2.06. The number of benzene rings is 1. The Morgan fingerprint density at radius 3 is 2.74 bits per heavy atom. The highest BCUT2D eigenvalue weighted by molar-refractivity contribution is 5.89. The number of rotatable bonds is 3. The molecule has 0 fully saturated rings. The second-order valence-corrected chi connectivity index (χ2v) is 4.27. The molecule has 0 aliphatic rings. The lowest BCUT2D eigenvalue weighted by Gasteiger charge is -2.11. The third-order valence-electron chi connectivity index (χ3n) is 2.77. The van der Waals surface area contributed by atoms with Crippen molar-refractivity contribution in [1.29, 1.82) is 0 Å². The van der Waals surface area contributed by atoms with Crippen LogP contribution in [0.15, 0.2) is 30.5 Å². The van der Waals surface area contributed by atoms with E-state index in [0.717, 1.165) is 17.2 Å². The number of anilines is 2. The number of pyridine rings is 1. The zero-order valence-electron chi connectivity index (χ0n) is 10.6. The fourth-order valence-electron chi connectivity index (χ4n) is 1.69. The van der Waals surface area contributed by atoms with Crippen molar-refractivity contribution in [2.24, 2.45) is 0 Å². The van der Waals surface area contributed by atoms with Crippen LogP contribution in [0.2, 0.25) is 0 Å². The predicted octanol–water partition coefficient (Wildman–Crippen LogP) is 3.28. The van der Waals surface area contributed by atoms with E-state index in [1.807, 2.05) is 32.0 Å². The van der Waals surface area contributed by atoms with Crippen molar-refractivity contribution in [1.82, 2.24) is 4.98 Å². The van der Waals surface area contributed by atoms with Gasteiger partial charge in [0, 0.05) is 11.9 Å². The number of carboxylic acids is 1. The van der Waals surface area contributed by atoms with E-state index in [1.54, 1.807) is 0 Å². The van der Waals surface area contributed by atoms with Crippen molar-refractivity contribution in [3.05, 3.63) is 53.0 Å². The van der Waals surface area contributed by atoms with Crippen molar-refractivity contribution in [2.75, 3.05) is 5.32 Å². The number of aryl methyl sites for hydroxylation is 2. The standard InChI is InChI=1S/C14H13FN2O2/c1-8-3-4-9(2)11(7-8)17-13-12(15)10(14(18)19)5-6-16-13/h3-7H,1-2H3,(H,16,17)(H,18,19). The van der Waals surface area contributed by atoms with Crippen LogP contribution in [0.25, 0.3) is 0 Å². The molecule has 0 atom stereocenters. The van der Waals surface area contributed by atoms with Crippen LogP contribution >= 0.6 is 0 Å². The van der Waals surface area contributed by atoms with Gasteiger partial charge in [0.25, 0.3) is 0 Å². The van der Waals surface area contributed by atoms with E-state index in [1.165, 1.54) is 6.20 Å². The Labute approximate surface area is 109 Å². The first kappa shape index (κ1) is 13.0. The number of aromatic carboxylic acids is 1. The van der Waals surface area contributed by atoms with Crippen molar-refractivity contribution in [3.63, 3.8) is 0 Å². The summed E-state index contributed by atoms with van der Waals surface area (Å²) in [5.41, 5.74) is 2.24. The maximum atomic E-state index is 13.9. The summed E-state index contributed by atoms with van der Waals surface area (Å²) < 4.78 is 13.9. The average molecular weight is 260 g/mol. The van der Waals surface area contributed by atoms with Crippen LogP contribution in [-0.2, 0) is 0 Å². The number of carboxylic acid groups (broad SMARTS) is 1. The molecule has 0 radical (unpaired) electrons. The molecule has 0 bridgehead atoms. The van der Waals surface area contributed by atoms with Gasteiger partial charge in [-0.3, -0.25) is 0 Å². The summed E-state index contributed by atoms with van der Waals surface area (Å²) in [5, 5.41) is 11.7. The van der Waals surface area contributed by atoms with Crippen LogP contribution in [-0.4, -0.2) is 16.1 Å². The Balaban J connectivity index is 2.41. The SMILES string of the molecule is Cc1ccc(C)c(Nc2nccc(C(=O)O)c2F)c1. The van der Waals surface area contributed by atoms with E-state index in [4.69, 9.17) is 5.11 Å². The second-order valence-electron chi connectivity index (χ2n) is 4.27. The number of nitrogens with zero attached hydrogens (tertiary/aromatic N) is 1. The molecule has 0 saturated heterocycles. The summed E-state index contributed by atoms with van der Waals surface area (Å²) in [7, 11) is 0. The molecular formula is C14H13FN2O2. The summed E-state index contributed by atoms with van der Waals surface area (Å²) in [6.45, 7) is 3.79.